The molecule has 3 nitrogen and oxygen atoms in total. The summed E-state index contributed by atoms with van der Waals surface area (Å²) in [4.78, 5) is 0. The fourth-order valence-electron chi connectivity index (χ4n) is 3.88. The Hall–Kier alpha value is 0.150. The molecule has 0 radical (unpaired) electrons. The fraction of sp³-hybridized carbons (Fsp3) is 1.00. The Labute approximate surface area is 177 Å². The molecule has 4 heteroatoms. The molecule has 0 aliphatic carbocycles. The zero-order valence-electron chi connectivity index (χ0n) is 20.2. The van der Waals surface area contributed by atoms with Crippen molar-refractivity contribution in [3.8, 4) is 0 Å². The van der Waals surface area contributed by atoms with Crippen molar-refractivity contribution in [1.82, 2.24) is 0 Å². The highest BCUT2D eigenvalue weighted by atomic mass is 31.2. The molecule has 0 rings (SSSR count). The van der Waals surface area contributed by atoms with E-state index in [0.717, 1.165) is 24.2 Å². The van der Waals surface area contributed by atoms with E-state index in [9.17, 15) is 4.57 Å². The summed E-state index contributed by atoms with van der Waals surface area (Å²) in [6, 6.07) is 0. The van der Waals surface area contributed by atoms with E-state index in [1.165, 1.54) is 57.8 Å². The van der Waals surface area contributed by atoms with E-state index >= 15 is 0 Å². The molecule has 28 heavy (non-hydrogen) atoms. The van der Waals surface area contributed by atoms with Crippen LogP contribution in [0.3, 0.4) is 0 Å². The molecule has 0 N–H and O–H groups in total. The molecule has 0 saturated heterocycles. The largest absolute Gasteiger partial charge is 0.330 e. The SMILES string of the molecule is CCOP(=O)(CCC(C)CCCC(C)CCCC(C)CCCC(C)C)OCC. The zero-order chi connectivity index (χ0) is 21.4. The highest BCUT2D eigenvalue weighted by molar-refractivity contribution is 7.53. The summed E-state index contributed by atoms with van der Waals surface area (Å²) < 4.78 is 23.3. The van der Waals surface area contributed by atoms with E-state index in [2.05, 4.69) is 34.6 Å². The van der Waals surface area contributed by atoms with Crippen LogP contribution in [0.4, 0.5) is 0 Å². The van der Waals surface area contributed by atoms with Gasteiger partial charge in [0.25, 0.3) is 0 Å². The van der Waals surface area contributed by atoms with Gasteiger partial charge in [-0.3, -0.25) is 4.57 Å². The maximum absolute atomic E-state index is 12.5. The Bertz CT molecular complexity index is 387. The summed E-state index contributed by atoms with van der Waals surface area (Å²) in [7, 11) is -2.86. The maximum Gasteiger partial charge on any atom is 0.330 e. The lowest BCUT2D eigenvalue weighted by atomic mass is 9.91. The van der Waals surface area contributed by atoms with Gasteiger partial charge in [0, 0.05) is 0 Å². The van der Waals surface area contributed by atoms with Crippen LogP contribution in [0.2, 0.25) is 0 Å². The summed E-state index contributed by atoms with van der Waals surface area (Å²) in [5, 5.41) is 0. The molecule has 0 aromatic heterocycles. The van der Waals surface area contributed by atoms with Gasteiger partial charge < -0.3 is 9.05 Å². The first-order valence-corrected chi connectivity index (χ1v) is 13.8. The van der Waals surface area contributed by atoms with Crippen molar-refractivity contribution in [3.05, 3.63) is 0 Å². The minimum Gasteiger partial charge on any atom is -0.309 e. The van der Waals surface area contributed by atoms with Crippen LogP contribution in [0.1, 0.15) is 113 Å². The predicted molar refractivity (Wildman–Crippen MR) is 124 cm³/mol. The first-order valence-electron chi connectivity index (χ1n) is 12.1. The molecule has 0 aliphatic rings. The van der Waals surface area contributed by atoms with Crippen LogP contribution in [-0.2, 0) is 13.6 Å². The van der Waals surface area contributed by atoms with Gasteiger partial charge in [-0.1, -0.05) is 92.4 Å². The normalized spacial score (nSPS) is 15.7. The van der Waals surface area contributed by atoms with Crippen molar-refractivity contribution in [2.75, 3.05) is 19.4 Å². The van der Waals surface area contributed by atoms with Crippen LogP contribution in [0.5, 0.6) is 0 Å². The first-order chi connectivity index (χ1) is 13.2. The molecular formula is C24H51O3P. The lowest BCUT2D eigenvalue weighted by molar-refractivity contribution is 0.218. The third-order valence-electron chi connectivity index (χ3n) is 5.81. The molecule has 0 fully saturated rings. The minimum absolute atomic E-state index is 0.458. The molecule has 0 aliphatic heterocycles. The number of rotatable bonds is 19. The van der Waals surface area contributed by atoms with Gasteiger partial charge in [-0.15, -0.1) is 0 Å². The second-order valence-corrected chi connectivity index (χ2v) is 11.6. The lowest BCUT2D eigenvalue weighted by Gasteiger charge is -2.19. The van der Waals surface area contributed by atoms with Crippen molar-refractivity contribution in [2.24, 2.45) is 23.7 Å². The maximum atomic E-state index is 12.5. The highest BCUT2D eigenvalue weighted by Crippen LogP contribution is 2.49. The molecular weight excluding hydrogens is 367 g/mol. The second-order valence-electron chi connectivity index (χ2n) is 9.46. The van der Waals surface area contributed by atoms with E-state index < -0.39 is 7.60 Å². The third-order valence-corrected chi connectivity index (χ3v) is 7.92. The van der Waals surface area contributed by atoms with Gasteiger partial charge in [0.1, 0.15) is 0 Å². The summed E-state index contributed by atoms with van der Waals surface area (Å²) >= 11 is 0. The first kappa shape index (κ1) is 28.1. The van der Waals surface area contributed by atoms with Crippen molar-refractivity contribution in [1.29, 1.82) is 0 Å². The van der Waals surface area contributed by atoms with Crippen LogP contribution in [-0.4, -0.2) is 19.4 Å². The van der Waals surface area contributed by atoms with Crippen molar-refractivity contribution in [3.63, 3.8) is 0 Å². The third kappa shape index (κ3) is 16.0. The van der Waals surface area contributed by atoms with Gasteiger partial charge in [-0.05, 0) is 43.9 Å². The molecule has 0 spiro atoms. The standard InChI is InChI=1S/C24H51O3P/c1-8-26-28(25,27-9-2)20-19-24(7)18-12-17-23(6)16-11-15-22(5)14-10-13-21(3)4/h21-24H,8-20H2,1-7H3. The summed E-state index contributed by atoms with van der Waals surface area (Å²) in [5.41, 5.74) is 0. The van der Waals surface area contributed by atoms with Crippen LogP contribution in [0.15, 0.2) is 0 Å². The van der Waals surface area contributed by atoms with E-state index in [1.54, 1.807) is 0 Å². The van der Waals surface area contributed by atoms with E-state index in [0.29, 0.717) is 25.3 Å². The molecule has 0 aromatic carbocycles. The minimum atomic E-state index is -2.86. The van der Waals surface area contributed by atoms with Crippen LogP contribution in [0, 0.1) is 23.7 Å². The van der Waals surface area contributed by atoms with Gasteiger partial charge in [0.05, 0.1) is 19.4 Å². The molecule has 3 atom stereocenters. The zero-order valence-corrected chi connectivity index (χ0v) is 21.1. The van der Waals surface area contributed by atoms with Crippen molar-refractivity contribution >= 4 is 7.60 Å². The van der Waals surface area contributed by atoms with Gasteiger partial charge >= 0.3 is 7.60 Å². The molecule has 0 amide bonds. The quantitative estimate of drug-likeness (QED) is 0.197. The highest BCUT2D eigenvalue weighted by Gasteiger charge is 2.23. The average Bonchev–Trinajstić information content (AvgIpc) is 2.60. The van der Waals surface area contributed by atoms with E-state index in [1.807, 2.05) is 13.8 Å². The van der Waals surface area contributed by atoms with Crippen molar-refractivity contribution < 1.29 is 13.6 Å². The summed E-state index contributed by atoms with van der Waals surface area (Å²) in [5.74, 6) is 3.15. The molecule has 3 unspecified atom stereocenters. The Kier molecular flexibility index (Phi) is 17.0. The Balaban J connectivity index is 3.81. The van der Waals surface area contributed by atoms with E-state index in [4.69, 9.17) is 9.05 Å². The van der Waals surface area contributed by atoms with Crippen LogP contribution >= 0.6 is 7.60 Å². The number of hydrogen-bond acceptors (Lipinski definition) is 3. The molecule has 170 valence electrons. The average molecular weight is 419 g/mol. The van der Waals surface area contributed by atoms with E-state index in [-0.39, 0.29) is 0 Å². The van der Waals surface area contributed by atoms with Gasteiger partial charge in [-0.2, -0.15) is 0 Å². The Morgan fingerprint density at radius 2 is 0.964 bits per heavy atom. The predicted octanol–water partition coefficient (Wildman–Crippen LogP) is 8.72. The summed E-state index contributed by atoms with van der Waals surface area (Å²) in [6.07, 6.45) is 13.6. The van der Waals surface area contributed by atoms with Crippen LogP contribution in [0.25, 0.3) is 0 Å². The Morgan fingerprint density at radius 3 is 1.32 bits per heavy atom. The lowest BCUT2D eigenvalue weighted by Crippen LogP contribution is -2.05. The van der Waals surface area contributed by atoms with Gasteiger partial charge in [0.2, 0.25) is 0 Å². The number of hydrogen-bond donors (Lipinski definition) is 0. The molecule has 0 saturated carbocycles. The summed E-state index contributed by atoms with van der Waals surface area (Å²) in [6.45, 7) is 16.4. The Morgan fingerprint density at radius 1 is 0.607 bits per heavy atom. The second kappa shape index (κ2) is 16.9. The van der Waals surface area contributed by atoms with Gasteiger partial charge in [-0.25, -0.2) is 0 Å². The molecule has 0 heterocycles. The van der Waals surface area contributed by atoms with Crippen molar-refractivity contribution in [2.45, 2.75) is 113 Å². The molecule has 0 aromatic rings. The smallest absolute Gasteiger partial charge is 0.309 e. The van der Waals surface area contributed by atoms with Gasteiger partial charge in [0.15, 0.2) is 0 Å². The van der Waals surface area contributed by atoms with Crippen LogP contribution < -0.4 is 0 Å². The fourth-order valence-corrected chi connectivity index (χ4v) is 5.75. The molecule has 0 bridgehead atoms. The monoisotopic (exact) mass is 418 g/mol. The topological polar surface area (TPSA) is 35.5 Å².